The number of hydrogen-bond donors (Lipinski definition) is 2. The van der Waals surface area contributed by atoms with Crippen molar-refractivity contribution in [1.82, 2.24) is 19.8 Å². The lowest BCUT2D eigenvalue weighted by Crippen LogP contribution is -2.58. The SMILES string of the molecule is C=CC(=O)Nc1c(N2CC[C@@H](N(C)C)C2)cc(OC)c(Nc2ncc3c(n2)N(C2CCC(F)(F)CC2)C(=O)N([C@@H](C)C(F)(F)F)C3)c1F. The lowest BCUT2D eigenvalue weighted by atomic mass is 9.90. The number of nitrogens with one attached hydrogen (secondary N) is 2. The molecule has 2 atom stereocenters. The summed E-state index contributed by atoms with van der Waals surface area (Å²) in [5, 5.41) is 5.28. The van der Waals surface area contributed by atoms with Gasteiger partial charge >= 0.3 is 12.2 Å². The molecule has 2 aromatic rings. The van der Waals surface area contributed by atoms with Crippen molar-refractivity contribution >= 4 is 40.8 Å². The number of anilines is 5. The molecule has 0 radical (unpaired) electrons. The van der Waals surface area contributed by atoms with Crippen LogP contribution in [-0.4, -0.2) is 96.2 Å². The Morgan fingerprint density at radius 1 is 1.21 bits per heavy atom. The molecule has 48 heavy (non-hydrogen) atoms. The number of hydrogen-bond acceptors (Lipinski definition) is 8. The minimum Gasteiger partial charge on any atom is -0.494 e. The second-order valence-electron chi connectivity index (χ2n) is 12.5. The van der Waals surface area contributed by atoms with Gasteiger partial charge in [-0.05, 0) is 46.4 Å². The molecule has 0 bridgehead atoms. The first-order valence-electron chi connectivity index (χ1n) is 15.5. The van der Waals surface area contributed by atoms with Crippen LogP contribution in [-0.2, 0) is 11.3 Å². The first-order chi connectivity index (χ1) is 22.5. The van der Waals surface area contributed by atoms with Crippen molar-refractivity contribution in [1.29, 1.82) is 0 Å². The average Bonchev–Trinajstić information content (AvgIpc) is 3.53. The van der Waals surface area contributed by atoms with Crippen molar-refractivity contribution in [2.75, 3.05) is 54.7 Å². The Labute approximate surface area is 273 Å². The fourth-order valence-corrected chi connectivity index (χ4v) is 6.28. The van der Waals surface area contributed by atoms with Gasteiger partial charge in [0.05, 0.1) is 19.3 Å². The van der Waals surface area contributed by atoms with E-state index in [0.717, 1.165) is 24.3 Å². The number of halogens is 6. The van der Waals surface area contributed by atoms with E-state index in [1.54, 1.807) is 6.07 Å². The summed E-state index contributed by atoms with van der Waals surface area (Å²) < 4.78 is 91.3. The third-order valence-electron chi connectivity index (χ3n) is 9.19. The standard InChI is InChI=1S/C31H38F6N8O3/c1-6-23(46)39-25-21(43-12-9-20(16-43)42(3)4)13-22(48-5)26(24(25)32)40-28-38-14-18-15-44(17(2)31(35,36)37)29(47)45(27(18)41-28)19-7-10-30(33,34)11-8-19/h6,13-14,17,19-20H,1,7-12,15-16H2,2-5H3,(H,39,46)(H,38,40,41)/t17-,20+/m0/s1. The summed E-state index contributed by atoms with van der Waals surface area (Å²) in [7, 11) is 5.20. The number of rotatable bonds is 9. The van der Waals surface area contributed by atoms with Crippen LogP contribution >= 0.6 is 0 Å². The van der Waals surface area contributed by atoms with Gasteiger partial charge in [0.15, 0.2) is 5.82 Å². The summed E-state index contributed by atoms with van der Waals surface area (Å²) in [5.74, 6) is -4.82. The molecule has 1 aromatic carbocycles. The summed E-state index contributed by atoms with van der Waals surface area (Å²) in [6.45, 7) is 4.93. The molecule has 1 aromatic heterocycles. The molecular formula is C31H38F6N8O3. The molecule has 0 unspecified atom stereocenters. The Balaban J connectivity index is 1.55. The Kier molecular flexibility index (Phi) is 9.72. The van der Waals surface area contributed by atoms with Gasteiger partial charge in [-0.25, -0.2) is 22.9 Å². The van der Waals surface area contributed by atoms with E-state index >= 15 is 4.39 Å². The minimum absolute atomic E-state index is 0.0290. The molecule has 3 amide bonds. The van der Waals surface area contributed by atoms with E-state index in [-0.39, 0.29) is 53.3 Å². The zero-order chi connectivity index (χ0) is 35.1. The molecular weight excluding hydrogens is 646 g/mol. The number of amides is 3. The maximum atomic E-state index is 16.4. The Morgan fingerprint density at radius 2 is 1.90 bits per heavy atom. The lowest BCUT2D eigenvalue weighted by molar-refractivity contribution is -0.172. The zero-order valence-electron chi connectivity index (χ0n) is 27.0. The van der Waals surface area contributed by atoms with Gasteiger partial charge in [0.1, 0.15) is 29.0 Å². The fourth-order valence-electron chi connectivity index (χ4n) is 6.28. The first kappa shape index (κ1) is 35.0. The third-order valence-corrected chi connectivity index (χ3v) is 9.19. The van der Waals surface area contributed by atoms with Crippen molar-refractivity contribution in [2.24, 2.45) is 0 Å². The van der Waals surface area contributed by atoms with Crippen LogP contribution in [0.25, 0.3) is 0 Å². The minimum atomic E-state index is -4.75. The molecule has 11 nitrogen and oxygen atoms in total. The molecule has 2 aliphatic heterocycles. The van der Waals surface area contributed by atoms with Crippen LogP contribution in [0.15, 0.2) is 24.9 Å². The summed E-state index contributed by atoms with van der Waals surface area (Å²) in [5.41, 5.74) is 0.102. The first-order valence-corrected chi connectivity index (χ1v) is 15.5. The molecule has 1 saturated carbocycles. The van der Waals surface area contributed by atoms with Crippen molar-refractivity contribution < 1.29 is 40.7 Å². The van der Waals surface area contributed by atoms with Gasteiger partial charge in [-0.3, -0.25) is 9.69 Å². The highest BCUT2D eigenvalue weighted by Gasteiger charge is 2.48. The van der Waals surface area contributed by atoms with Crippen molar-refractivity contribution in [2.45, 2.75) is 75.8 Å². The van der Waals surface area contributed by atoms with Gasteiger partial charge < -0.3 is 30.1 Å². The molecule has 5 rings (SSSR count). The lowest BCUT2D eigenvalue weighted by Gasteiger charge is -2.44. The predicted molar refractivity (Wildman–Crippen MR) is 168 cm³/mol. The van der Waals surface area contributed by atoms with Gasteiger partial charge in [0.2, 0.25) is 17.8 Å². The second-order valence-corrected chi connectivity index (χ2v) is 12.5. The van der Waals surface area contributed by atoms with Crippen LogP contribution in [0.1, 0.15) is 44.6 Å². The molecule has 2 fully saturated rings. The van der Waals surface area contributed by atoms with Crippen molar-refractivity contribution in [3.8, 4) is 5.75 Å². The number of aromatic nitrogens is 2. The number of carbonyl (C=O) groups excluding carboxylic acids is 2. The van der Waals surface area contributed by atoms with Crippen LogP contribution in [0.2, 0.25) is 0 Å². The second kappa shape index (κ2) is 13.3. The number of benzene rings is 1. The summed E-state index contributed by atoms with van der Waals surface area (Å²) in [4.78, 5) is 40.2. The quantitative estimate of drug-likeness (QED) is 0.249. The predicted octanol–water partition coefficient (Wildman–Crippen LogP) is 5.90. The number of carbonyl (C=O) groups is 2. The molecule has 1 saturated heterocycles. The Bertz CT molecular complexity index is 1560. The number of fused-ring (bicyclic) bond motifs is 1. The Morgan fingerprint density at radius 3 is 2.48 bits per heavy atom. The molecule has 3 aliphatic rings. The average molecular weight is 685 g/mol. The summed E-state index contributed by atoms with van der Waals surface area (Å²) >= 11 is 0. The van der Waals surface area contributed by atoms with E-state index in [9.17, 15) is 31.5 Å². The normalized spacial score (nSPS) is 20.5. The van der Waals surface area contributed by atoms with Crippen molar-refractivity contribution in [3.05, 3.63) is 36.3 Å². The smallest absolute Gasteiger partial charge is 0.408 e. The van der Waals surface area contributed by atoms with Crippen molar-refractivity contribution in [3.63, 3.8) is 0 Å². The van der Waals surface area contributed by atoms with E-state index in [4.69, 9.17) is 4.74 Å². The number of nitrogens with zero attached hydrogens (tertiary/aromatic N) is 6. The van der Waals surface area contributed by atoms with E-state index in [2.05, 4.69) is 32.1 Å². The van der Waals surface area contributed by atoms with Crippen LogP contribution in [0.5, 0.6) is 5.75 Å². The van der Waals surface area contributed by atoms with E-state index < -0.39 is 61.3 Å². The van der Waals surface area contributed by atoms with Gasteiger partial charge in [-0.15, -0.1) is 0 Å². The monoisotopic (exact) mass is 684 g/mol. The van der Waals surface area contributed by atoms with Gasteiger partial charge in [-0.2, -0.15) is 18.2 Å². The van der Waals surface area contributed by atoms with Crippen LogP contribution in [0.3, 0.4) is 0 Å². The number of alkyl halides is 5. The fraction of sp³-hybridized carbons (Fsp3) is 0.548. The number of urea groups is 1. The number of methoxy groups -OCH3 is 1. The number of likely N-dealkylation sites (N-methyl/N-ethyl adjacent to an activating group) is 1. The molecule has 262 valence electrons. The van der Waals surface area contributed by atoms with E-state index in [0.29, 0.717) is 23.7 Å². The maximum absolute atomic E-state index is 16.4. The molecule has 2 N–H and O–H groups in total. The van der Waals surface area contributed by atoms with Gasteiger partial charge in [0, 0.05) is 55.8 Å². The highest BCUT2D eigenvalue weighted by atomic mass is 19.4. The molecule has 17 heteroatoms. The van der Waals surface area contributed by atoms with Gasteiger partial charge in [0.25, 0.3) is 0 Å². The summed E-state index contributed by atoms with van der Waals surface area (Å²) in [6, 6.07) is -2.33. The topological polar surface area (TPSA) is 106 Å². The van der Waals surface area contributed by atoms with E-state index in [1.807, 2.05) is 19.0 Å². The summed E-state index contributed by atoms with van der Waals surface area (Å²) in [6.07, 6.45) is -3.19. The van der Waals surface area contributed by atoms with Crippen LogP contribution in [0, 0.1) is 5.82 Å². The van der Waals surface area contributed by atoms with E-state index in [1.165, 1.54) is 13.3 Å². The largest absolute Gasteiger partial charge is 0.494 e. The van der Waals surface area contributed by atoms with Crippen LogP contribution in [0.4, 0.5) is 60.0 Å². The molecule has 0 spiro atoms. The maximum Gasteiger partial charge on any atom is 0.408 e. The van der Waals surface area contributed by atoms with Gasteiger partial charge in [-0.1, -0.05) is 6.58 Å². The molecule has 3 heterocycles. The third kappa shape index (κ3) is 6.96. The highest BCUT2D eigenvalue weighted by molar-refractivity contribution is 6.02. The number of ether oxygens (including phenoxy) is 1. The Hall–Kier alpha value is -4.28. The highest BCUT2D eigenvalue weighted by Crippen LogP contribution is 2.44. The molecule has 1 aliphatic carbocycles. The zero-order valence-corrected chi connectivity index (χ0v) is 27.0. The van der Waals surface area contributed by atoms with Crippen LogP contribution < -0.4 is 25.2 Å².